The summed E-state index contributed by atoms with van der Waals surface area (Å²) in [5, 5.41) is -0.203. The smallest absolute Gasteiger partial charge is 0.398 e. The quantitative estimate of drug-likeness (QED) is 0.835. The van der Waals surface area contributed by atoms with Gasteiger partial charge in [-0.1, -0.05) is 31.5 Å². The van der Waals surface area contributed by atoms with Crippen LogP contribution in [-0.4, -0.2) is 32.0 Å². The molecule has 120 valence electrons. The molecular weight excluding hydrogens is 329 g/mol. The average Bonchev–Trinajstić information content (AvgIpc) is 2.24. The van der Waals surface area contributed by atoms with Crippen molar-refractivity contribution in [1.29, 1.82) is 0 Å². The Hall–Kier alpha value is -0.990. The highest BCUT2D eigenvalue weighted by Crippen LogP contribution is 2.32. The molecule has 0 fully saturated rings. The van der Waals surface area contributed by atoms with Gasteiger partial charge >= 0.3 is 6.18 Å². The van der Waals surface area contributed by atoms with Crippen molar-refractivity contribution in [3.05, 3.63) is 23.2 Å². The summed E-state index contributed by atoms with van der Waals surface area (Å²) in [6, 6.07) is 3.97. The first-order chi connectivity index (χ1) is 9.45. The van der Waals surface area contributed by atoms with E-state index in [0.29, 0.717) is 4.31 Å². The fourth-order valence-electron chi connectivity index (χ4n) is 1.78. The summed E-state index contributed by atoms with van der Waals surface area (Å²) in [6.07, 6.45) is -4.65. The predicted octanol–water partition coefficient (Wildman–Crippen LogP) is 3.13. The summed E-state index contributed by atoms with van der Waals surface area (Å²) in [6.45, 7) is 1.37. The van der Waals surface area contributed by atoms with Crippen molar-refractivity contribution in [3.63, 3.8) is 0 Å². The first kappa shape index (κ1) is 18.1. The summed E-state index contributed by atoms with van der Waals surface area (Å²) in [4.78, 5) is -0.489. The van der Waals surface area contributed by atoms with Gasteiger partial charge in [0.2, 0.25) is 10.0 Å². The highest BCUT2D eigenvalue weighted by molar-refractivity contribution is 7.89. The minimum absolute atomic E-state index is 0.182. The van der Waals surface area contributed by atoms with Gasteiger partial charge < -0.3 is 5.73 Å². The number of hydrogen-bond acceptors (Lipinski definition) is 3. The van der Waals surface area contributed by atoms with E-state index >= 15 is 0 Å². The maximum absolute atomic E-state index is 12.6. The van der Waals surface area contributed by atoms with Crippen molar-refractivity contribution < 1.29 is 21.6 Å². The number of nitrogens with zero attached hydrogens (tertiary/aromatic N) is 1. The number of anilines is 1. The summed E-state index contributed by atoms with van der Waals surface area (Å²) in [5.74, 6) is -0.286. The molecule has 0 saturated heterocycles. The number of rotatable bonds is 5. The minimum Gasteiger partial charge on any atom is -0.398 e. The van der Waals surface area contributed by atoms with Crippen LogP contribution in [0.5, 0.6) is 0 Å². The maximum Gasteiger partial charge on any atom is 0.402 e. The minimum atomic E-state index is -4.65. The molecule has 0 spiro atoms. The zero-order valence-corrected chi connectivity index (χ0v) is 13.1. The zero-order valence-electron chi connectivity index (χ0n) is 11.5. The van der Waals surface area contributed by atoms with Gasteiger partial charge in [0, 0.05) is 6.54 Å². The molecule has 1 aromatic rings. The Morgan fingerprint density at radius 2 is 1.90 bits per heavy atom. The molecule has 9 heteroatoms. The third kappa shape index (κ3) is 4.76. The van der Waals surface area contributed by atoms with Gasteiger partial charge in [0.1, 0.15) is 11.4 Å². The molecule has 2 N–H and O–H groups in total. The molecule has 0 radical (unpaired) electrons. The maximum atomic E-state index is 12.6. The van der Waals surface area contributed by atoms with Crippen molar-refractivity contribution in [2.45, 2.75) is 24.9 Å². The Morgan fingerprint density at radius 1 is 1.33 bits per heavy atom. The predicted molar refractivity (Wildman–Crippen MR) is 75.5 cm³/mol. The van der Waals surface area contributed by atoms with Crippen LogP contribution in [0.15, 0.2) is 23.1 Å². The van der Waals surface area contributed by atoms with Gasteiger partial charge in [-0.05, 0) is 18.1 Å². The van der Waals surface area contributed by atoms with E-state index in [0.717, 1.165) is 0 Å². The highest BCUT2D eigenvalue weighted by Gasteiger charge is 2.38. The Balaban J connectivity index is 3.33. The van der Waals surface area contributed by atoms with Gasteiger partial charge in [0.15, 0.2) is 0 Å². The van der Waals surface area contributed by atoms with Crippen LogP contribution in [0, 0.1) is 5.92 Å². The SMILES string of the molecule is CC(C)CN(CC(F)(F)F)S(=O)(=O)c1c(N)cccc1Cl. The molecule has 1 aromatic carbocycles. The van der Waals surface area contributed by atoms with Gasteiger partial charge in [-0.25, -0.2) is 8.42 Å². The van der Waals surface area contributed by atoms with Crippen molar-refractivity contribution in [2.24, 2.45) is 5.92 Å². The molecule has 0 aliphatic heterocycles. The topological polar surface area (TPSA) is 63.4 Å². The molecule has 0 heterocycles. The molecule has 0 bridgehead atoms. The third-order valence-electron chi connectivity index (χ3n) is 2.52. The van der Waals surface area contributed by atoms with Crippen molar-refractivity contribution in [2.75, 3.05) is 18.8 Å². The molecule has 0 aliphatic rings. The van der Waals surface area contributed by atoms with Crippen LogP contribution in [0.1, 0.15) is 13.8 Å². The lowest BCUT2D eigenvalue weighted by molar-refractivity contribution is -0.136. The Morgan fingerprint density at radius 3 is 2.33 bits per heavy atom. The molecule has 0 atom stereocenters. The average molecular weight is 345 g/mol. The van der Waals surface area contributed by atoms with Crippen LogP contribution in [0.25, 0.3) is 0 Å². The summed E-state index contributed by atoms with van der Waals surface area (Å²) in [7, 11) is -4.43. The number of nitrogen functional groups attached to an aromatic ring is 1. The van der Waals surface area contributed by atoms with E-state index < -0.39 is 27.6 Å². The molecule has 1 rings (SSSR count). The second kappa shape index (κ2) is 6.41. The molecule has 0 aromatic heterocycles. The van der Waals surface area contributed by atoms with E-state index in [4.69, 9.17) is 17.3 Å². The molecular formula is C12H16ClF3N2O2S. The molecule has 21 heavy (non-hydrogen) atoms. The van der Waals surface area contributed by atoms with Gasteiger partial charge in [-0.15, -0.1) is 0 Å². The first-order valence-electron chi connectivity index (χ1n) is 6.06. The normalized spacial score (nSPS) is 13.1. The van der Waals surface area contributed by atoms with Gasteiger partial charge in [0.25, 0.3) is 0 Å². The van der Waals surface area contributed by atoms with E-state index in [9.17, 15) is 21.6 Å². The van der Waals surface area contributed by atoms with Gasteiger partial charge in [0.05, 0.1) is 10.7 Å². The van der Waals surface area contributed by atoms with E-state index in [2.05, 4.69) is 0 Å². The summed E-state index contributed by atoms with van der Waals surface area (Å²) < 4.78 is 63.2. The fourth-order valence-corrected chi connectivity index (χ4v) is 4.01. The zero-order chi connectivity index (χ0) is 16.4. The lowest BCUT2D eigenvalue weighted by Gasteiger charge is -2.26. The van der Waals surface area contributed by atoms with E-state index in [1.807, 2.05) is 0 Å². The number of nitrogens with two attached hydrogens (primary N) is 1. The van der Waals surface area contributed by atoms with Crippen molar-refractivity contribution >= 4 is 27.3 Å². The Kier molecular flexibility index (Phi) is 5.51. The van der Waals surface area contributed by atoms with Crippen LogP contribution in [0.3, 0.4) is 0 Å². The number of sulfonamides is 1. The van der Waals surface area contributed by atoms with Crippen LogP contribution >= 0.6 is 11.6 Å². The first-order valence-corrected chi connectivity index (χ1v) is 7.88. The monoisotopic (exact) mass is 344 g/mol. The van der Waals surface area contributed by atoms with Crippen LogP contribution < -0.4 is 5.73 Å². The number of alkyl halides is 3. The molecule has 0 saturated carbocycles. The van der Waals surface area contributed by atoms with E-state index in [1.54, 1.807) is 13.8 Å². The van der Waals surface area contributed by atoms with E-state index in [1.165, 1.54) is 18.2 Å². The second-order valence-electron chi connectivity index (χ2n) is 4.96. The number of benzene rings is 1. The van der Waals surface area contributed by atoms with Crippen LogP contribution in [0.4, 0.5) is 18.9 Å². The van der Waals surface area contributed by atoms with Crippen molar-refractivity contribution in [1.82, 2.24) is 4.31 Å². The highest BCUT2D eigenvalue weighted by atomic mass is 35.5. The molecule has 0 amide bonds. The number of halogens is 4. The largest absolute Gasteiger partial charge is 0.402 e. The van der Waals surface area contributed by atoms with Crippen LogP contribution in [-0.2, 0) is 10.0 Å². The molecule has 0 unspecified atom stereocenters. The summed E-state index contributed by atoms with van der Waals surface area (Å²) in [5.41, 5.74) is 5.39. The lowest BCUT2D eigenvalue weighted by atomic mass is 10.2. The Bertz CT molecular complexity index is 583. The molecule has 0 aliphatic carbocycles. The van der Waals surface area contributed by atoms with Gasteiger partial charge in [-0.3, -0.25) is 0 Å². The number of hydrogen-bond donors (Lipinski definition) is 1. The molecule has 4 nitrogen and oxygen atoms in total. The standard InChI is InChI=1S/C12H16ClF3N2O2S/c1-8(2)6-18(7-12(14,15)16)21(19,20)11-9(13)4-3-5-10(11)17/h3-5,8H,6-7,17H2,1-2H3. The van der Waals surface area contributed by atoms with Crippen LogP contribution in [0.2, 0.25) is 5.02 Å². The second-order valence-corrected chi connectivity index (χ2v) is 7.25. The van der Waals surface area contributed by atoms with Gasteiger partial charge in [-0.2, -0.15) is 17.5 Å². The lowest BCUT2D eigenvalue weighted by Crippen LogP contribution is -2.41. The van der Waals surface area contributed by atoms with Crippen molar-refractivity contribution in [3.8, 4) is 0 Å². The van der Waals surface area contributed by atoms with E-state index in [-0.39, 0.29) is 23.2 Å². The Labute approximate surface area is 126 Å². The fraction of sp³-hybridized carbons (Fsp3) is 0.500. The summed E-state index contributed by atoms with van der Waals surface area (Å²) >= 11 is 5.80. The third-order valence-corrected chi connectivity index (χ3v) is 4.88.